The largest absolute Gasteiger partial charge is 0.401 e. The number of rotatable bonds is 28. The second kappa shape index (κ2) is 34.5. The Morgan fingerprint density at radius 3 is 1.92 bits per heavy atom. The van der Waals surface area contributed by atoms with Crippen molar-refractivity contribution in [2.75, 3.05) is 112 Å². The van der Waals surface area contributed by atoms with Gasteiger partial charge in [-0.1, -0.05) is 69.0 Å². The molecule has 0 radical (unpaired) electrons. The molecule has 0 atom stereocenters. The fourth-order valence-corrected chi connectivity index (χ4v) is 5.81. The highest BCUT2D eigenvalue weighted by Gasteiger charge is 2.23. The quantitative estimate of drug-likeness (QED) is 0.0239. The molecule has 0 saturated carbocycles. The number of piperazine rings is 1. The van der Waals surface area contributed by atoms with E-state index < -0.39 is 0 Å². The Balaban J connectivity index is 0.000000508. The van der Waals surface area contributed by atoms with Crippen molar-refractivity contribution in [2.24, 2.45) is 5.73 Å². The van der Waals surface area contributed by atoms with E-state index in [1.165, 1.54) is 11.1 Å². The third-order valence-corrected chi connectivity index (χ3v) is 9.21. The smallest absolute Gasteiger partial charge is 0.246 e. The van der Waals surface area contributed by atoms with Gasteiger partial charge in [0.25, 0.3) is 0 Å². The summed E-state index contributed by atoms with van der Waals surface area (Å²) in [5.41, 5.74) is 12.8. The summed E-state index contributed by atoms with van der Waals surface area (Å²) in [5.74, 6) is -0.214. The number of hydrogen-bond donors (Lipinski definition) is 6. The van der Waals surface area contributed by atoms with Crippen LogP contribution in [0.4, 0.5) is 0 Å². The summed E-state index contributed by atoms with van der Waals surface area (Å²) < 4.78 is 26.5. The van der Waals surface area contributed by atoms with Crippen molar-refractivity contribution < 1.29 is 38.5 Å². The molecule has 15 nitrogen and oxygen atoms in total. The average Bonchev–Trinajstić information content (AvgIpc) is 3.69. The van der Waals surface area contributed by atoms with Crippen LogP contribution in [-0.2, 0) is 28.5 Å². The Morgan fingerprint density at radius 1 is 0.850 bits per heavy atom. The van der Waals surface area contributed by atoms with Crippen LogP contribution >= 0.6 is 0 Å². The lowest BCUT2D eigenvalue weighted by atomic mass is 10.0. The van der Waals surface area contributed by atoms with Gasteiger partial charge in [0.2, 0.25) is 11.7 Å². The Morgan fingerprint density at radius 2 is 1.42 bits per heavy atom. The van der Waals surface area contributed by atoms with Crippen molar-refractivity contribution in [3.63, 3.8) is 0 Å². The SMILES string of the molecule is C=C(C(=O)c1c[nH]/c(=C(/C)N)c1=C(CC)CC)N1CCN(C)CC1.C=Cc1ccccc1.CC(=N)COCC(=O)NCCOCCOCCCCCOCCOCCNO. The summed E-state index contributed by atoms with van der Waals surface area (Å²) in [6.45, 7) is 24.4. The number of nitrogens with zero attached hydrogens (tertiary/aromatic N) is 2. The van der Waals surface area contributed by atoms with Gasteiger partial charge in [-0.2, -0.15) is 0 Å². The number of likely N-dealkylation sites (N-methyl/N-ethyl adjacent to an activating group) is 1. The maximum Gasteiger partial charge on any atom is 0.246 e. The lowest BCUT2D eigenvalue weighted by Crippen LogP contribution is -2.45. The summed E-state index contributed by atoms with van der Waals surface area (Å²) in [6.07, 6.45) is 8.43. The van der Waals surface area contributed by atoms with Crippen LogP contribution in [0.1, 0.15) is 75.7 Å². The van der Waals surface area contributed by atoms with Gasteiger partial charge in [-0.15, -0.1) is 0 Å². The molecule has 1 aromatic carbocycles. The number of carbonyl (C=O) groups is 2. The predicted molar refractivity (Wildman–Crippen MR) is 241 cm³/mol. The zero-order valence-corrected chi connectivity index (χ0v) is 37.1. The Bertz CT molecular complexity index is 1620. The van der Waals surface area contributed by atoms with Crippen LogP contribution in [0.2, 0.25) is 0 Å². The number of ether oxygens (including phenoxy) is 5. The van der Waals surface area contributed by atoms with E-state index in [-0.39, 0.29) is 24.9 Å². The van der Waals surface area contributed by atoms with E-state index >= 15 is 0 Å². The molecule has 1 saturated heterocycles. The number of unbranched alkanes of at least 4 members (excludes halogenated alkanes) is 2. The van der Waals surface area contributed by atoms with Crippen LogP contribution in [0.5, 0.6) is 0 Å². The van der Waals surface area contributed by atoms with Crippen molar-refractivity contribution >= 4 is 34.7 Å². The maximum absolute atomic E-state index is 13.1. The van der Waals surface area contributed by atoms with Gasteiger partial charge in [0, 0.05) is 80.9 Å². The summed E-state index contributed by atoms with van der Waals surface area (Å²) >= 11 is 0. The molecule has 15 heteroatoms. The fraction of sp³-hybridized carbons (Fsp3) is 0.578. The molecule has 0 unspecified atom stereocenters. The number of hydrogen-bond acceptors (Lipinski definition) is 13. The molecule has 1 aliphatic rings. The highest BCUT2D eigenvalue weighted by Crippen LogP contribution is 2.13. The molecular weight excluding hydrogens is 767 g/mol. The van der Waals surface area contributed by atoms with E-state index in [1.807, 2.05) is 48.8 Å². The Kier molecular flexibility index (Phi) is 31.0. The van der Waals surface area contributed by atoms with Crippen molar-refractivity contribution in [2.45, 2.75) is 59.8 Å². The third kappa shape index (κ3) is 24.2. The summed E-state index contributed by atoms with van der Waals surface area (Å²) in [4.78, 5) is 32.0. The van der Waals surface area contributed by atoms with E-state index in [0.29, 0.717) is 88.6 Å². The van der Waals surface area contributed by atoms with Crippen LogP contribution in [0, 0.1) is 5.41 Å². The third-order valence-electron chi connectivity index (χ3n) is 9.21. The highest BCUT2D eigenvalue weighted by molar-refractivity contribution is 6.08. The second-order valence-corrected chi connectivity index (χ2v) is 14.2. The minimum absolute atomic E-state index is 0.00213. The molecular formula is C45H75N7O8. The number of carbonyl (C=O) groups excluding carboxylic acids is 2. The Hall–Kier alpha value is -4.19. The van der Waals surface area contributed by atoms with Gasteiger partial charge in [0.05, 0.1) is 57.3 Å². The maximum atomic E-state index is 13.1. The molecule has 2 heterocycles. The first-order valence-corrected chi connectivity index (χ1v) is 21.1. The van der Waals surface area contributed by atoms with Crippen molar-refractivity contribution in [3.05, 3.63) is 77.1 Å². The van der Waals surface area contributed by atoms with Gasteiger partial charge in [0.1, 0.15) is 6.61 Å². The van der Waals surface area contributed by atoms with E-state index in [0.717, 1.165) is 68.9 Å². The molecule has 3 rings (SSSR count). The number of H-pyrrole nitrogens is 1. The standard InChI is InChI=1S/C19H30N4O.C18H37N3O7.C8H8/c1-6-15(7-2)17-16(12-21-18(17)13(3)20)19(24)14(4)23-10-8-22(5)9-11-23;1-17(19)15-28-16-18(22)20-5-9-26-13-11-24-7-3-2-4-8-25-12-14-27-10-6-21-23;1-2-8-6-4-3-5-7-8/h12,21H,4,6-11,20H2,1-3,5H3;19,21,23H,2-16H2,1H3,(H,20,22);2-7H,1H2/b18-13-;;. The van der Waals surface area contributed by atoms with Gasteiger partial charge >= 0.3 is 0 Å². The zero-order valence-electron chi connectivity index (χ0n) is 37.1. The second-order valence-electron chi connectivity index (χ2n) is 14.2. The molecule has 338 valence electrons. The number of amides is 1. The zero-order chi connectivity index (χ0) is 44.4. The lowest BCUT2D eigenvalue weighted by Gasteiger charge is -2.34. The average molecular weight is 842 g/mol. The van der Waals surface area contributed by atoms with Crippen LogP contribution in [-0.4, -0.2) is 150 Å². The number of aromatic nitrogens is 1. The molecule has 1 amide bonds. The van der Waals surface area contributed by atoms with E-state index in [4.69, 9.17) is 40.0 Å². The number of benzene rings is 1. The molecule has 0 bridgehead atoms. The minimum Gasteiger partial charge on any atom is -0.401 e. The number of nitrogens with two attached hydrogens (primary N) is 1. The number of aromatic amines is 1. The number of hydroxylamine groups is 1. The molecule has 2 aromatic rings. The van der Waals surface area contributed by atoms with Gasteiger partial charge in [-0.05, 0) is 58.6 Å². The number of Topliss-reactive ketones (excluding diaryl/α,β-unsaturated/α-hetero) is 1. The molecule has 7 N–H and O–H groups in total. The van der Waals surface area contributed by atoms with E-state index in [1.54, 1.807) is 13.1 Å². The molecule has 1 aliphatic heterocycles. The van der Waals surface area contributed by atoms with Gasteiger partial charge in [-0.3, -0.25) is 9.59 Å². The Labute approximate surface area is 358 Å². The van der Waals surface area contributed by atoms with Crippen LogP contribution in [0.3, 0.4) is 0 Å². The van der Waals surface area contributed by atoms with Crippen molar-refractivity contribution in [3.8, 4) is 0 Å². The van der Waals surface area contributed by atoms with Crippen LogP contribution in [0.15, 0.2) is 55.4 Å². The van der Waals surface area contributed by atoms with Crippen LogP contribution < -0.4 is 27.1 Å². The number of ketones is 1. The summed E-state index contributed by atoms with van der Waals surface area (Å²) in [7, 11) is 2.10. The van der Waals surface area contributed by atoms with Gasteiger partial charge in [0.15, 0.2) is 0 Å². The lowest BCUT2D eigenvalue weighted by molar-refractivity contribution is -0.125. The first-order valence-electron chi connectivity index (χ1n) is 21.1. The molecule has 60 heavy (non-hydrogen) atoms. The summed E-state index contributed by atoms with van der Waals surface area (Å²) in [6, 6.07) is 10.0. The summed E-state index contributed by atoms with van der Waals surface area (Å²) in [5, 5.41) is 20.0. The van der Waals surface area contributed by atoms with E-state index in [9.17, 15) is 9.59 Å². The number of allylic oxidation sites excluding steroid dienone is 1. The molecule has 0 spiro atoms. The number of nitrogens with one attached hydrogen (secondary N) is 4. The highest BCUT2D eigenvalue weighted by atomic mass is 16.5. The van der Waals surface area contributed by atoms with E-state index in [2.05, 4.69) is 54.2 Å². The molecule has 0 aliphatic carbocycles. The predicted octanol–water partition coefficient (Wildman–Crippen LogP) is 3.72. The van der Waals surface area contributed by atoms with Crippen molar-refractivity contribution in [1.82, 2.24) is 25.6 Å². The molecule has 1 aromatic heterocycles. The topological polar surface area (TPSA) is 197 Å². The van der Waals surface area contributed by atoms with Crippen LogP contribution in [0.25, 0.3) is 17.3 Å². The first-order chi connectivity index (χ1) is 29.0. The monoisotopic (exact) mass is 842 g/mol. The van der Waals surface area contributed by atoms with Gasteiger partial charge in [-0.25, -0.2) is 5.48 Å². The minimum atomic E-state index is -0.211. The van der Waals surface area contributed by atoms with Crippen molar-refractivity contribution in [1.29, 1.82) is 5.41 Å². The molecule has 1 fully saturated rings. The fourth-order valence-electron chi connectivity index (χ4n) is 5.81. The van der Waals surface area contributed by atoms with Gasteiger partial charge < -0.3 is 60.1 Å². The normalized spacial score (nSPS) is 13.0. The first kappa shape index (κ1) is 53.8.